The summed E-state index contributed by atoms with van der Waals surface area (Å²) in [7, 11) is 1.63. The third-order valence-corrected chi connectivity index (χ3v) is 3.43. The molecule has 3 aromatic rings. The van der Waals surface area contributed by atoms with Gasteiger partial charge in [-0.25, -0.2) is 0 Å². The Labute approximate surface area is 146 Å². The molecular weight excluding hydrogens is 312 g/mol. The summed E-state index contributed by atoms with van der Waals surface area (Å²) in [5, 5.41) is 13.0. The molecule has 1 N–H and O–H groups in total. The van der Waals surface area contributed by atoms with Crippen molar-refractivity contribution in [2.45, 2.75) is 0 Å². The van der Waals surface area contributed by atoms with Crippen LogP contribution >= 0.6 is 0 Å². The van der Waals surface area contributed by atoms with Crippen molar-refractivity contribution < 1.29 is 4.74 Å². The number of para-hydroxylation sites is 1. The van der Waals surface area contributed by atoms with Crippen molar-refractivity contribution in [1.82, 2.24) is 0 Å². The van der Waals surface area contributed by atoms with E-state index in [2.05, 4.69) is 20.8 Å². The standard InChI is InChI=1S/C20H18N4O/c1-25-19-14-12-16(13-15-19)20(23-21-17-8-4-2-5-9-17)24-22-18-10-6-3-7-11-18/h2-15,21H,1H3. The SMILES string of the molecule is COc1ccc(C(N=Nc2ccccc2)=NNc2ccccc2)cc1. The summed E-state index contributed by atoms with van der Waals surface area (Å²) in [5.74, 6) is 1.26. The van der Waals surface area contributed by atoms with Gasteiger partial charge in [-0.3, -0.25) is 5.43 Å². The lowest BCUT2D eigenvalue weighted by Crippen LogP contribution is -2.01. The number of anilines is 1. The van der Waals surface area contributed by atoms with E-state index >= 15 is 0 Å². The van der Waals surface area contributed by atoms with Gasteiger partial charge in [0.1, 0.15) is 5.75 Å². The number of hydrazone groups is 1. The van der Waals surface area contributed by atoms with Crippen LogP contribution in [-0.4, -0.2) is 12.9 Å². The van der Waals surface area contributed by atoms with E-state index in [0.717, 1.165) is 22.7 Å². The van der Waals surface area contributed by atoms with E-state index in [1.165, 1.54) is 0 Å². The van der Waals surface area contributed by atoms with E-state index in [-0.39, 0.29) is 0 Å². The maximum absolute atomic E-state index is 5.20. The monoisotopic (exact) mass is 330 g/mol. The fourth-order valence-electron chi connectivity index (χ4n) is 2.11. The van der Waals surface area contributed by atoms with Crippen LogP contribution in [0.3, 0.4) is 0 Å². The number of amidine groups is 1. The highest BCUT2D eigenvalue weighted by Gasteiger charge is 2.04. The molecule has 0 unspecified atom stereocenters. The van der Waals surface area contributed by atoms with E-state index in [1.54, 1.807) is 7.11 Å². The topological polar surface area (TPSA) is 58.3 Å². The van der Waals surface area contributed by atoms with E-state index in [9.17, 15) is 0 Å². The van der Waals surface area contributed by atoms with E-state index in [1.807, 2.05) is 84.9 Å². The van der Waals surface area contributed by atoms with Crippen LogP contribution in [0.15, 0.2) is 100 Å². The minimum Gasteiger partial charge on any atom is -0.497 e. The van der Waals surface area contributed by atoms with Gasteiger partial charge in [0.05, 0.1) is 18.5 Å². The highest BCUT2D eigenvalue weighted by molar-refractivity contribution is 5.99. The predicted octanol–water partition coefficient (Wildman–Crippen LogP) is 5.25. The third kappa shape index (κ3) is 4.75. The Hall–Kier alpha value is -3.47. The van der Waals surface area contributed by atoms with Gasteiger partial charge in [0, 0.05) is 5.56 Å². The summed E-state index contributed by atoms with van der Waals surface area (Å²) in [6, 6.07) is 26.8. The van der Waals surface area contributed by atoms with E-state index in [0.29, 0.717) is 5.84 Å². The molecule has 0 spiro atoms. The fraction of sp³-hybridized carbons (Fsp3) is 0.0500. The second-order valence-electron chi connectivity index (χ2n) is 5.18. The number of ether oxygens (including phenoxy) is 1. The predicted molar refractivity (Wildman–Crippen MR) is 101 cm³/mol. The average Bonchev–Trinajstić information content (AvgIpc) is 2.70. The minimum absolute atomic E-state index is 0.482. The normalized spacial score (nSPS) is 11.5. The van der Waals surface area contributed by atoms with Crippen LogP contribution in [0.25, 0.3) is 0 Å². The van der Waals surface area contributed by atoms with Crippen molar-refractivity contribution in [3.8, 4) is 5.75 Å². The molecule has 3 aromatic carbocycles. The quantitative estimate of drug-likeness (QED) is 0.300. The van der Waals surface area contributed by atoms with Crippen molar-refractivity contribution in [3.05, 3.63) is 90.5 Å². The van der Waals surface area contributed by atoms with Gasteiger partial charge in [-0.2, -0.15) is 5.10 Å². The maximum atomic E-state index is 5.20. The lowest BCUT2D eigenvalue weighted by Gasteiger charge is -2.04. The van der Waals surface area contributed by atoms with Crippen LogP contribution in [-0.2, 0) is 0 Å². The second kappa shape index (κ2) is 8.40. The zero-order chi connectivity index (χ0) is 17.3. The van der Waals surface area contributed by atoms with Crippen molar-refractivity contribution in [1.29, 1.82) is 0 Å². The number of hydrogen-bond donors (Lipinski definition) is 1. The van der Waals surface area contributed by atoms with Crippen LogP contribution in [0.5, 0.6) is 5.75 Å². The first-order valence-corrected chi connectivity index (χ1v) is 7.85. The lowest BCUT2D eigenvalue weighted by atomic mass is 10.2. The largest absolute Gasteiger partial charge is 0.497 e. The van der Waals surface area contributed by atoms with Crippen LogP contribution < -0.4 is 10.2 Å². The number of hydrogen-bond acceptors (Lipinski definition) is 4. The Morgan fingerprint density at radius 1 is 0.800 bits per heavy atom. The Kier molecular flexibility index (Phi) is 5.51. The van der Waals surface area contributed by atoms with Crippen LogP contribution in [0.2, 0.25) is 0 Å². The van der Waals surface area contributed by atoms with Gasteiger partial charge in [0.2, 0.25) is 5.84 Å². The third-order valence-electron chi connectivity index (χ3n) is 3.43. The molecule has 0 aliphatic rings. The Morgan fingerprint density at radius 3 is 2.08 bits per heavy atom. The summed E-state index contributed by atoms with van der Waals surface area (Å²) in [6.07, 6.45) is 0. The molecule has 0 aromatic heterocycles. The molecule has 5 nitrogen and oxygen atoms in total. The van der Waals surface area contributed by atoms with Crippen molar-refractivity contribution in [2.24, 2.45) is 15.3 Å². The molecule has 0 amide bonds. The molecule has 25 heavy (non-hydrogen) atoms. The van der Waals surface area contributed by atoms with Crippen LogP contribution in [0, 0.1) is 0 Å². The number of rotatable bonds is 5. The summed E-state index contributed by atoms with van der Waals surface area (Å²) in [5.41, 5.74) is 5.49. The van der Waals surface area contributed by atoms with Crippen LogP contribution in [0.1, 0.15) is 5.56 Å². The molecule has 0 saturated carbocycles. The summed E-state index contributed by atoms with van der Waals surface area (Å²) >= 11 is 0. The van der Waals surface area contributed by atoms with Gasteiger partial charge in [-0.15, -0.1) is 10.2 Å². The smallest absolute Gasteiger partial charge is 0.201 e. The van der Waals surface area contributed by atoms with Crippen molar-refractivity contribution in [3.63, 3.8) is 0 Å². The highest BCUT2D eigenvalue weighted by Crippen LogP contribution is 2.16. The lowest BCUT2D eigenvalue weighted by molar-refractivity contribution is 0.415. The number of nitrogens with zero attached hydrogens (tertiary/aromatic N) is 3. The molecule has 3 rings (SSSR count). The van der Waals surface area contributed by atoms with E-state index in [4.69, 9.17) is 4.74 Å². The number of benzene rings is 3. The van der Waals surface area contributed by atoms with Gasteiger partial charge in [0.25, 0.3) is 0 Å². The maximum Gasteiger partial charge on any atom is 0.201 e. The average molecular weight is 330 g/mol. The molecule has 0 radical (unpaired) electrons. The molecule has 0 atom stereocenters. The minimum atomic E-state index is 0.482. The Bertz CT molecular complexity index is 844. The van der Waals surface area contributed by atoms with Gasteiger partial charge in [-0.1, -0.05) is 36.4 Å². The van der Waals surface area contributed by atoms with Gasteiger partial charge in [0.15, 0.2) is 0 Å². The first kappa shape index (κ1) is 16.4. The van der Waals surface area contributed by atoms with Gasteiger partial charge >= 0.3 is 0 Å². The first-order valence-electron chi connectivity index (χ1n) is 7.85. The van der Waals surface area contributed by atoms with Gasteiger partial charge in [-0.05, 0) is 48.5 Å². The first-order chi connectivity index (χ1) is 12.3. The Balaban J connectivity index is 1.88. The number of methoxy groups -OCH3 is 1. The molecule has 0 saturated heterocycles. The van der Waals surface area contributed by atoms with E-state index < -0.39 is 0 Å². The zero-order valence-electron chi connectivity index (χ0n) is 13.8. The molecule has 124 valence electrons. The summed E-state index contributed by atoms with van der Waals surface area (Å²) in [4.78, 5) is 0. The summed E-state index contributed by atoms with van der Waals surface area (Å²) in [6.45, 7) is 0. The van der Waals surface area contributed by atoms with Crippen molar-refractivity contribution in [2.75, 3.05) is 12.5 Å². The number of nitrogens with one attached hydrogen (secondary N) is 1. The van der Waals surface area contributed by atoms with Crippen molar-refractivity contribution >= 4 is 17.2 Å². The highest BCUT2D eigenvalue weighted by atomic mass is 16.5. The molecule has 0 aliphatic carbocycles. The molecule has 0 aliphatic heterocycles. The second-order valence-corrected chi connectivity index (χ2v) is 5.18. The molecule has 0 bridgehead atoms. The summed E-state index contributed by atoms with van der Waals surface area (Å²) < 4.78 is 5.20. The fourth-order valence-corrected chi connectivity index (χ4v) is 2.11. The van der Waals surface area contributed by atoms with Crippen LogP contribution in [0.4, 0.5) is 11.4 Å². The van der Waals surface area contributed by atoms with Gasteiger partial charge < -0.3 is 4.74 Å². The Morgan fingerprint density at radius 2 is 1.44 bits per heavy atom. The molecule has 0 heterocycles. The number of azo groups is 1. The zero-order valence-corrected chi connectivity index (χ0v) is 13.8. The molecule has 0 fully saturated rings. The molecular formula is C20H18N4O. The molecule has 5 heteroatoms.